The van der Waals surface area contributed by atoms with Gasteiger partial charge in [-0.1, -0.05) is 12.1 Å². The summed E-state index contributed by atoms with van der Waals surface area (Å²) in [5, 5.41) is 3.10. The summed E-state index contributed by atoms with van der Waals surface area (Å²) in [6.45, 7) is 2.55. The summed E-state index contributed by atoms with van der Waals surface area (Å²) in [5.41, 5.74) is 3.58. The molecule has 0 aromatic heterocycles. The van der Waals surface area contributed by atoms with Crippen LogP contribution < -0.4 is 5.32 Å². The van der Waals surface area contributed by atoms with Crippen LogP contribution >= 0.6 is 0 Å². The minimum Gasteiger partial charge on any atom is -0.326 e. The minimum atomic E-state index is -3.14. The van der Waals surface area contributed by atoms with E-state index in [4.69, 9.17) is 0 Å². The molecule has 1 aliphatic carbocycles. The van der Waals surface area contributed by atoms with Crippen molar-refractivity contribution in [2.45, 2.75) is 45.4 Å². The van der Waals surface area contributed by atoms with Crippen LogP contribution in [0.5, 0.6) is 0 Å². The quantitative estimate of drug-likeness (QED) is 0.907. The molecule has 24 heavy (non-hydrogen) atoms. The lowest BCUT2D eigenvalue weighted by molar-refractivity contribution is -0.120. The first-order valence-electron chi connectivity index (χ1n) is 8.90. The molecule has 1 amide bonds. The fourth-order valence-electron chi connectivity index (χ4n) is 3.71. The third-order valence-electron chi connectivity index (χ3n) is 5.24. The van der Waals surface area contributed by atoms with E-state index in [0.29, 0.717) is 25.9 Å². The van der Waals surface area contributed by atoms with Gasteiger partial charge in [0, 0.05) is 24.7 Å². The predicted octanol–water partition coefficient (Wildman–Crippen LogP) is 2.57. The van der Waals surface area contributed by atoms with E-state index < -0.39 is 10.0 Å². The number of carbonyl (C=O) groups excluding carboxylic acids is 1. The van der Waals surface area contributed by atoms with Crippen molar-refractivity contribution in [1.82, 2.24) is 4.31 Å². The van der Waals surface area contributed by atoms with Crippen molar-refractivity contribution in [1.29, 1.82) is 0 Å². The summed E-state index contributed by atoms with van der Waals surface area (Å²) < 4.78 is 25.3. The van der Waals surface area contributed by atoms with Crippen LogP contribution in [0.15, 0.2) is 18.2 Å². The third kappa shape index (κ3) is 3.64. The maximum atomic E-state index is 12.6. The number of rotatable bonds is 4. The van der Waals surface area contributed by atoms with Gasteiger partial charge in [0.25, 0.3) is 0 Å². The predicted molar refractivity (Wildman–Crippen MR) is 95.5 cm³/mol. The normalized spacial score (nSPS) is 19.7. The fraction of sp³-hybridized carbons (Fsp3) is 0.611. The number of fused-ring (bicyclic) bond motifs is 1. The van der Waals surface area contributed by atoms with Crippen LogP contribution in [0.3, 0.4) is 0 Å². The van der Waals surface area contributed by atoms with Gasteiger partial charge in [-0.3, -0.25) is 4.79 Å². The van der Waals surface area contributed by atoms with E-state index >= 15 is 0 Å². The van der Waals surface area contributed by atoms with Crippen LogP contribution in [0.4, 0.5) is 5.69 Å². The Bertz CT molecular complexity index is 707. The number of amides is 1. The average molecular weight is 350 g/mol. The Morgan fingerprint density at radius 2 is 1.92 bits per heavy atom. The average Bonchev–Trinajstić information content (AvgIpc) is 2.62. The first-order chi connectivity index (χ1) is 11.5. The summed E-state index contributed by atoms with van der Waals surface area (Å²) in [4.78, 5) is 12.6. The topological polar surface area (TPSA) is 66.5 Å². The summed E-state index contributed by atoms with van der Waals surface area (Å²) in [6.07, 6.45) is 5.70. The van der Waals surface area contributed by atoms with Crippen molar-refractivity contribution in [3.05, 3.63) is 29.3 Å². The van der Waals surface area contributed by atoms with Gasteiger partial charge in [-0.25, -0.2) is 12.7 Å². The number of hydrogen-bond acceptors (Lipinski definition) is 3. The van der Waals surface area contributed by atoms with E-state index in [9.17, 15) is 13.2 Å². The summed E-state index contributed by atoms with van der Waals surface area (Å²) in [6, 6.07) is 6.15. The fourth-order valence-corrected chi connectivity index (χ4v) is 4.84. The van der Waals surface area contributed by atoms with Gasteiger partial charge in [-0.2, -0.15) is 0 Å². The van der Waals surface area contributed by atoms with Crippen molar-refractivity contribution in [2.24, 2.45) is 5.92 Å². The van der Waals surface area contributed by atoms with Gasteiger partial charge in [0.2, 0.25) is 15.9 Å². The second-order valence-electron chi connectivity index (χ2n) is 6.71. The molecule has 1 N–H and O–H groups in total. The van der Waals surface area contributed by atoms with Gasteiger partial charge >= 0.3 is 0 Å². The number of benzene rings is 1. The van der Waals surface area contributed by atoms with Crippen LogP contribution in [0.1, 0.15) is 43.7 Å². The first-order valence-corrected chi connectivity index (χ1v) is 10.5. The molecule has 0 saturated carbocycles. The van der Waals surface area contributed by atoms with Gasteiger partial charge in [0.1, 0.15) is 0 Å². The van der Waals surface area contributed by atoms with Crippen molar-refractivity contribution in [3.8, 4) is 0 Å². The molecule has 6 heteroatoms. The van der Waals surface area contributed by atoms with Gasteiger partial charge in [0.05, 0.1) is 5.75 Å². The molecule has 0 bridgehead atoms. The zero-order chi connectivity index (χ0) is 17.2. The lowest BCUT2D eigenvalue weighted by Crippen LogP contribution is -2.42. The Balaban J connectivity index is 1.63. The van der Waals surface area contributed by atoms with Gasteiger partial charge in [-0.05, 0) is 62.6 Å². The maximum absolute atomic E-state index is 12.6. The molecular formula is C18H26N2O3S. The number of piperidine rings is 1. The number of aryl methyl sites for hydroxylation is 1. The minimum absolute atomic E-state index is 0.0301. The maximum Gasteiger partial charge on any atom is 0.227 e. The summed E-state index contributed by atoms with van der Waals surface area (Å²) >= 11 is 0. The summed E-state index contributed by atoms with van der Waals surface area (Å²) in [5.74, 6) is 0.0512. The van der Waals surface area contributed by atoms with Crippen LogP contribution in [0, 0.1) is 5.92 Å². The van der Waals surface area contributed by atoms with E-state index in [2.05, 4.69) is 11.4 Å². The number of hydrogen-bond donors (Lipinski definition) is 1. The highest BCUT2D eigenvalue weighted by Crippen LogP contribution is 2.29. The second-order valence-corrected chi connectivity index (χ2v) is 8.97. The van der Waals surface area contributed by atoms with E-state index in [1.807, 2.05) is 12.1 Å². The third-order valence-corrected chi connectivity index (χ3v) is 7.12. The highest BCUT2D eigenvalue weighted by Gasteiger charge is 2.30. The Morgan fingerprint density at radius 3 is 2.62 bits per heavy atom. The molecule has 1 heterocycles. The molecule has 0 unspecified atom stereocenters. The van der Waals surface area contributed by atoms with Gasteiger partial charge in [0.15, 0.2) is 0 Å². The standard InChI is InChI=1S/C18H26N2O3S/c1-2-24(22,23)20-12-10-15(11-13-20)18(21)19-17-9-5-7-14-6-3-4-8-16(14)17/h5,7,9,15H,2-4,6,8,10-13H2,1H3,(H,19,21). The van der Waals surface area contributed by atoms with Crippen molar-refractivity contribution in [2.75, 3.05) is 24.2 Å². The SMILES string of the molecule is CCS(=O)(=O)N1CCC(C(=O)Nc2cccc3c2CCCC3)CC1. The number of anilines is 1. The van der Waals surface area contributed by atoms with Crippen LogP contribution in [0.25, 0.3) is 0 Å². The largest absolute Gasteiger partial charge is 0.326 e. The number of sulfonamides is 1. The van der Waals surface area contributed by atoms with E-state index in [0.717, 1.165) is 18.5 Å². The molecule has 0 atom stereocenters. The lowest BCUT2D eigenvalue weighted by atomic mass is 9.90. The highest BCUT2D eigenvalue weighted by molar-refractivity contribution is 7.89. The zero-order valence-corrected chi connectivity index (χ0v) is 15.1. The van der Waals surface area contributed by atoms with E-state index in [-0.39, 0.29) is 17.6 Å². The Morgan fingerprint density at radius 1 is 1.21 bits per heavy atom. The smallest absolute Gasteiger partial charge is 0.227 e. The Kier molecular flexibility index (Phi) is 5.25. The number of nitrogens with zero attached hydrogens (tertiary/aromatic N) is 1. The van der Waals surface area contributed by atoms with Gasteiger partial charge < -0.3 is 5.32 Å². The highest BCUT2D eigenvalue weighted by atomic mass is 32.2. The molecule has 1 aromatic carbocycles. The molecule has 2 aliphatic rings. The van der Waals surface area contributed by atoms with Crippen molar-refractivity contribution < 1.29 is 13.2 Å². The van der Waals surface area contributed by atoms with Crippen LogP contribution in [-0.4, -0.2) is 37.5 Å². The molecule has 1 fully saturated rings. The Labute approximate surface area is 144 Å². The molecule has 0 spiro atoms. The zero-order valence-electron chi connectivity index (χ0n) is 14.3. The molecule has 3 rings (SSSR count). The van der Waals surface area contributed by atoms with Crippen molar-refractivity contribution in [3.63, 3.8) is 0 Å². The van der Waals surface area contributed by atoms with Gasteiger partial charge in [-0.15, -0.1) is 0 Å². The number of nitrogens with one attached hydrogen (secondary N) is 1. The molecule has 5 nitrogen and oxygen atoms in total. The lowest BCUT2D eigenvalue weighted by Gasteiger charge is -2.30. The summed E-state index contributed by atoms with van der Waals surface area (Å²) in [7, 11) is -3.14. The Hall–Kier alpha value is -1.40. The molecule has 1 aromatic rings. The second kappa shape index (κ2) is 7.23. The van der Waals surface area contributed by atoms with Crippen LogP contribution in [0.2, 0.25) is 0 Å². The molecular weight excluding hydrogens is 324 g/mol. The monoisotopic (exact) mass is 350 g/mol. The molecule has 0 radical (unpaired) electrons. The molecule has 132 valence electrons. The van der Waals surface area contributed by atoms with Crippen LogP contribution in [-0.2, 0) is 27.7 Å². The van der Waals surface area contributed by atoms with E-state index in [1.54, 1.807) is 6.92 Å². The number of carbonyl (C=O) groups is 1. The first kappa shape index (κ1) is 17.4. The molecule has 1 aliphatic heterocycles. The van der Waals surface area contributed by atoms with E-state index in [1.165, 1.54) is 28.3 Å². The van der Waals surface area contributed by atoms with Crippen molar-refractivity contribution >= 4 is 21.6 Å². The molecule has 1 saturated heterocycles.